The Bertz CT molecular complexity index is 1210. The minimum Gasteiger partial charge on any atom is -0.457 e. The monoisotopic (exact) mass is 599 g/mol. The van der Waals surface area contributed by atoms with Crippen LogP contribution in [-0.4, -0.2) is 84.4 Å². The molecule has 0 spiro atoms. The molecule has 236 valence electrons. The zero-order valence-electron chi connectivity index (χ0n) is 25.8. The quantitative estimate of drug-likeness (QED) is 0.350. The lowest BCUT2D eigenvalue weighted by atomic mass is 9.91. The summed E-state index contributed by atoms with van der Waals surface area (Å²) in [6.07, 6.45) is 6.28. The van der Waals surface area contributed by atoms with Crippen molar-refractivity contribution in [3.8, 4) is 0 Å². The van der Waals surface area contributed by atoms with Crippen molar-refractivity contribution in [3.05, 3.63) is 47.3 Å². The molecular weight excluding hydrogens is 553 g/mol. The predicted molar refractivity (Wildman–Crippen MR) is 163 cm³/mol. The number of halogens is 1. The van der Waals surface area contributed by atoms with Crippen LogP contribution in [0.4, 0.5) is 14.9 Å². The molecule has 2 N–H and O–H groups in total. The molecule has 0 bridgehead atoms. The van der Waals surface area contributed by atoms with E-state index < -0.39 is 30.1 Å². The zero-order valence-corrected chi connectivity index (χ0v) is 25.8. The second-order valence-corrected chi connectivity index (χ2v) is 12.6. The molecule has 1 aromatic rings. The summed E-state index contributed by atoms with van der Waals surface area (Å²) < 4.78 is 26.3. The number of anilines is 1. The molecule has 1 aliphatic carbocycles. The highest BCUT2D eigenvalue weighted by molar-refractivity contribution is 5.91. The summed E-state index contributed by atoms with van der Waals surface area (Å²) in [5.74, 6) is -1.14. The van der Waals surface area contributed by atoms with Gasteiger partial charge in [0, 0.05) is 44.2 Å². The second kappa shape index (κ2) is 15.0. The van der Waals surface area contributed by atoms with Crippen LogP contribution in [0.5, 0.6) is 0 Å². The van der Waals surface area contributed by atoms with E-state index in [-0.39, 0.29) is 30.3 Å². The first-order valence-electron chi connectivity index (χ1n) is 15.5. The summed E-state index contributed by atoms with van der Waals surface area (Å²) in [7, 11) is 2.02. The first-order valence-corrected chi connectivity index (χ1v) is 15.5. The lowest BCUT2D eigenvalue weighted by Crippen LogP contribution is -2.48. The molecule has 5 atom stereocenters. The van der Waals surface area contributed by atoms with Gasteiger partial charge in [0.05, 0.1) is 12.5 Å². The van der Waals surface area contributed by atoms with Crippen LogP contribution in [0.25, 0.3) is 6.08 Å². The zero-order chi connectivity index (χ0) is 31.1. The maximum atomic E-state index is 14.5. The molecule has 0 radical (unpaired) electrons. The van der Waals surface area contributed by atoms with Gasteiger partial charge in [0.1, 0.15) is 18.0 Å². The van der Waals surface area contributed by atoms with E-state index in [4.69, 9.17) is 9.47 Å². The van der Waals surface area contributed by atoms with Crippen LogP contribution in [0.3, 0.4) is 0 Å². The van der Waals surface area contributed by atoms with E-state index in [2.05, 4.69) is 10.2 Å². The van der Waals surface area contributed by atoms with Crippen LogP contribution in [0.1, 0.15) is 64.9 Å². The van der Waals surface area contributed by atoms with Gasteiger partial charge in [-0.1, -0.05) is 26.0 Å². The Morgan fingerprint density at radius 3 is 2.51 bits per heavy atom. The van der Waals surface area contributed by atoms with E-state index in [0.29, 0.717) is 55.1 Å². The molecule has 43 heavy (non-hydrogen) atoms. The average Bonchev–Trinajstić information content (AvgIpc) is 3.75. The van der Waals surface area contributed by atoms with Gasteiger partial charge >= 0.3 is 12.1 Å². The summed E-state index contributed by atoms with van der Waals surface area (Å²) in [5.41, 5.74) is 1.55. The lowest BCUT2D eigenvalue weighted by Gasteiger charge is -2.33. The SMILES string of the molecule is C/C(=C\c1cc(F)cc(NC(=O)CC2CC2)c1)[C@H]1OC(=O)C[C@H](O)CC[C@H](C)[C@H](OC(=O)N2CCN(C)CC2)/C=C/[C@@H]1C. The van der Waals surface area contributed by atoms with Crippen LogP contribution >= 0.6 is 0 Å². The highest BCUT2D eigenvalue weighted by atomic mass is 19.1. The smallest absolute Gasteiger partial charge is 0.410 e. The van der Waals surface area contributed by atoms with Crippen molar-refractivity contribution in [1.29, 1.82) is 0 Å². The molecular formula is C33H46FN3O6. The van der Waals surface area contributed by atoms with Gasteiger partial charge in [-0.2, -0.15) is 0 Å². The summed E-state index contributed by atoms with van der Waals surface area (Å²) in [4.78, 5) is 42.0. The maximum Gasteiger partial charge on any atom is 0.410 e. The average molecular weight is 600 g/mol. The molecule has 0 aromatic heterocycles. The Labute approximate surface area is 254 Å². The number of esters is 1. The predicted octanol–water partition coefficient (Wildman–Crippen LogP) is 5.01. The Morgan fingerprint density at radius 1 is 1.09 bits per heavy atom. The molecule has 0 unspecified atom stereocenters. The first-order chi connectivity index (χ1) is 20.5. The number of amides is 2. The topological polar surface area (TPSA) is 108 Å². The second-order valence-electron chi connectivity index (χ2n) is 12.6. The number of rotatable bonds is 6. The van der Waals surface area contributed by atoms with Gasteiger partial charge in [-0.25, -0.2) is 9.18 Å². The van der Waals surface area contributed by atoms with Crippen molar-refractivity contribution < 1.29 is 33.4 Å². The Kier molecular flexibility index (Phi) is 11.4. The fourth-order valence-corrected chi connectivity index (χ4v) is 5.54. The molecule has 3 aliphatic rings. The molecule has 9 nitrogen and oxygen atoms in total. The summed E-state index contributed by atoms with van der Waals surface area (Å²) >= 11 is 0. The number of hydrogen-bond donors (Lipinski definition) is 2. The van der Waals surface area contributed by atoms with Crippen molar-refractivity contribution >= 4 is 29.7 Å². The normalized spacial score (nSPS) is 28.7. The fraction of sp³-hybridized carbons (Fsp3) is 0.606. The van der Waals surface area contributed by atoms with Gasteiger partial charge in [-0.05, 0) is 86.9 Å². The summed E-state index contributed by atoms with van der Waals surface area (Å²) in [5, 5.41) is 13.4. The van der Waals surface area contributed by atoms with Crippen molar-refractivity contribution in [1.82, 2.24) is 9.80 Å². The van der Waals surface area contributed by atoms with Crippen LogP contribution in [-0.2, 0) is 19.1 Å². The van der Waals surface area contributed by atoms with Crippen LogP contribution in [0.15, 0.2) is 35.9 Å². The molecule has 2 fully saturated rings. The van der Waals surface area contributed by atoms with Crippen molar-refractivity contribution in [2.75, 3.05) is 38.5 Å². The standard InChI is InChI=1S/C33H46FN3O6/c1-21-5-9-28(38)20-31(40)43-32(22(2)6-10-29(21)42-33(41)37-13-11-36(4)12-14-37)23(3)15-25-16-26(34)19-27(17-25)35-30(39)18-24-7-8-24/h6,10,15-17,19,21-22,24,28-29,32,38H,5,7-9,11-14,18,20H2,1-4H3,(H,35,39)/b10-6+,23-15+/t21-,22-,28+,29+,32-/m0/s1. The number of cyclic esters (lactones) is 1. The van der Waals surface area contributed by atoms with Crippen molar-refractivity contribution in [2.45, 2.75) is 77.6 Å². The number of aliphatic hydroxyl groups is 1. The maximum absolute atomic E-state index is 14.5. The molecule has 1 saturated heterocycles. The third kappa shape index (κ3) is 10.2. The van der Waals surface area contributed by atoms with E-state index in [1.165, 1.54) is 12.1 Å². The number of nitrogens with zero attached hydrogens (tertiary/aromatic N) is 2. The van der Waals surface area contributed by atoms with Crippen molar-refractivity contribution in [3.63, 3.8) is 0 Å². The van der Waals surface area contributed by atoms with E-state index in [1.807, 2.05) is 33.0 Å². The van der Waals surface area contributed by atoms with E-state index >= 15 is 0 Å². The minimum absolute atomic E-state index is 0.0825. The highest BCUT2D eigenvalue weighted by Crippen LogP contribution is 2.33. The molecule has 2 aliphatic heterocycles. The van der Waals surface area contributed by atoms with Gasteiger partial charge in [-0.3, -0.25) is 9.59 Å². The lowest BCUT2D eigenvalue weighted by molar-refractivity contribution is -0.151. The number of ether oxygens (including phenoxy) is 2. The molecule has 4 rings (SSSR count). The van der Waals surface area contributed by atoms with Crippen molar-refractivity contribution in [2.24, 2.45) is 17.8 Å². The van der Waals surface area contributed by atoms with Crippen LogP contribution in [0, 0.1) is 23.6 Å². The minimum atomic E-state index is -0.891. The largest absolute Gasteiger partial charge is 0.457 e. The number of carbonyl (C=O) groups excluding carboxylic acids is 3. The van der Waals surface area contributed by atoms with Crippen LogP contribution < -0.4 is 5.32 Å². The third-order valence-corrected chi connectivity index (χ3v) is 8.48. The summed E-state index contributed by atoms with van der Waals surface area (Å²) in [6, 6.07) is 4.33. The number of benzene rings is 1. The Hall–Kier alpha value is -3.24. The molecule has 2 heterocycles. The van der Waals surface area contributed by atoms with Gasteiger partial charge in [-0.15, -0.1) is 0 Å². The first kappa shape index (κ1) is 32.7. The number of nitrogens with one attached hydrogen (secondary N) is 1. The molecule has 2 amide bonds. The van der Waals surface area contributed by atoms with Gasteiger partial charge in [0.2, 0.25) is 5.91 Å². The van der Waals surface area contributed by atoms with E-state index in [1.54, 1.807) is 24.0 Å². The Balaban J connectivity index is 1.53. The van der Waals surface area contributed by atoms with Gasteiger partial charge in [0.25, 0.3) is 0 Å². The van der Waals surface area contributed by atoms with E-state index in [0.717, 1.165) is 25.9 Å². The summed E-state index contributed by atoms with van der Waals surface area (Å²) in [6.45, 7) is 8.44. The van der Waals surface area contributed by atoms with Crippen LogP contribution in [0.2, 0.25) is 0 Å². The highest BCUT2D eigenvalue weighted by Gasteiger charge is 2.29. The Morgan fingerprint density at radius 2 is 1.81 bits per heavy atom. The fourth-order valence-electron chi connectivity index (χ4n) is 5.54. The van der Waals surface area contributed by atoms with E-state index in [9.17, 15) is 23.9 Å². The molecule has 1 saturated carbocycles. The third-order valence-electron chi connectivity index (χ3n) is 8.48. The number of piperazine rings is 1. The van der Waals surface area contributed by atoms with Gasteiger partial charge in [0.15, 0.2) is 0 Å². The number of likely N-dealkylation sites (N-methyl/N-ethyl adjacent to an activating group) is 1. The number of hydrogen-bond acceptors (Lipinski definition) is 7. The molecule has 1 aromatic carbocycles. The number of aliphatic hydroxyl groups excluding tert-OH is 1. The molecule has 10 heteroatoms. The number of carbonyl (C=O) groups is 3. The van der Waals surface area contributed by atoms with Gasteiger partial charge < -0.3 is 29.7 Å².